The second-order valence-electron chi connectivity index (χ2n) is 1.31. The van der Waals surface area contributed by atoms with E-state index in [-0.39, 0.29) is 0 Å². The highest BCUT2D eigenvalue weighted by atomic mass is 32.1. The molecule has 0 bridgehead atoms. The van der Waals surface area contributed by atoms with E-state index < -0.39 is 5.97 Å². The van der Waals surface area contributed by atoms with E-state index in [9.17, 15) is 0 Å². The van der Waals surface area contributed by atoms with Crippen LogP contribution >= 0.6 is 11.3 Å². The monoisotopic (exact) mass is 144 g/mol. The molecule has 0 saturated heterocycles. The Morgan fingerprint density at radius 1 is 1.44 bits per heavy atom. The van der Waals surface area contributed by atoms with Gasteiger partial charge in [0.15, 0.2) is 0 Å². The summed E-state index contributed by atoms with van der Waals surface area (Å²) in [5.74, 6) is -0.833. The van der Waals surface area contributed by atoms with Crippen molar-refractivity contribution in [2.24, 2.45) is 0 Å². The molecule has 0 aliphatic rings. The van der Waals surface area contributed by atoms with Crippen molar-refractivity contribution in [3.05, 3.63) is 22.9 Å². The number of hydrogen-bond acceptors (Lipinski definition) is 2. The predicted octanol–water partition coefficient (Wildman–Crippen LogP) is 1.84. The molecular formula is C6H8O2S. The molecule has 0 unspecified atom stereocenters. The maximum atomic E-state index is 9.00. The zero-order valence-corrected chi connectivity index (χ0v) is 5.89. The van der Waals surface area contributed by atoms with Crippen molar-refractivity contribution < 1.29 is 9.90 Å². The van der Waals surface area contributed by atoms with Crippen LogP contribution in [0.25, 0.3) is 0 Å². The predicted molar refractivity (Wildman–Crippen MR) is 37.6 cm³/mol. The molecule has 0 aliphatic carbocycles. The topological polar surface area (TPSA) is 37.3 Å². The minimum atomic E-state index is -0.833. The molecule has 0 fully saturated rings. The SMILES string of the molecule is CC(=O)O.c1ccsc1. The highest BCUT2D eigenvalue weighted by Crippen LogP contribution is 1.91. The van der Waals surface area contributed by atoms with Gasteiger partial charge in [0, 0.05) is 6.92 Å². The summed E-state index contributed by atoms with van der Waals surface area (Å²) in [4.78, 5) is 9.00. The van der Waals surface area contributed by atoms with Gasteiger partial charge in [0.2, 0.25) is 0 Å². The molecule has 9 heavy (non-hydrogen) atoms. The van der Waals surface area contributed by atoms with E-state index in [1.54, 1.807) is 11.3 Å². The number of rotatable bonds is 0. The summed E-state index contributed by atoms with van der Waals surface area (Å²) in [6.45, 7) is 1.08. The Balaban J connectivity index is 0.000000148. The molecular weight excluding hydrogens is 136 g/mol. The second kappa shape index (κ2) is 5.31. The Hall–Kier alpha value is -0.830. The van der Waals surface area contributed by atoms with E-state index in [2.05, 4.69) is 0 Å². The van der Waals surface area contributed by atoms with Crippen LogP contribution < -0.4 is 0 Å². The average Bonchev–Trinajstić information content (AvgIpc) is 2.11. The van der Waals surface area contributed by atoms with Crippen LogP contribution in [-0.4, -0.2) is 11.1 Å². The maximum absolute atomic E-state index is 9.00. The van der Waals surface area contributed by atoms with Gasteiger partial charge >= 0.3 is 0 Å². The lowest BCUT2D eigenvalue weighted by molar-refractivity contribution is -0.134. The molecule has 0 amide bonds. The van der Waals surface area contributed by atoms with Crippen molar-refractivity contribution in [1.82, 2.24) is 0 Å². The van der Waals surface area contributed by atoms with E-state index >= 15 is 0 Å². The molecule has 0 radical (unpaired) electrons. The van der Waals surface area contributed by atoms with Crippen LogP contribution in [0, 0.1) is 0 Å². The summed E-state index contributed by atoms with van der Waals surface area (Å²) in [6, 6.07) is 4.04. The fourth-order valence-corrected chi connectivity index (χ4v) is 0.680. The van der Waals surface area contributed by atoms with Gasteiger partial charge in [0.05, 0.1) is 0 Å². The van der Waals surface area contributed by atoms with Gasteiger partial charge in [0.25, 0.3) is 5.97 Å². The molecule has 1 N–H and O–H groups in total. The van der Waals surface area contributed by atoms with E-state index in [4.69, 9.17) is 9.90 Å². The summed E-state index contributed by atoms with van der Waals surface area (Å²) in [7, 11) is 0. The van der Waals surface area contributed by atoms with Crippen molar-refractivity contribution in [2.75, 3.05) is 0 Å². The number of hydrogen-bond donors (Lipinski definition) is 1. The average molecular weight is 144 g/mol. The molecule has 1 aromatic rings. The van der Waals surface area contributed by atoms with E-state index in [0.717, 1.165) is 6.92 Å². The third-order valence-electron chi connectivity index (χ3n) is 0.425. The highest BCUT2D eigenvalue weighted by Gasteiger charge is 1.65. The summed E-state index contributed by atoms with van der Waals surface area (Å²) in [5.41, 5.74) is 0. The lowest BCUT2D eigenvalue weighted by Crippen LogP contribution is -1.78. The smallest absolute Gasteiger partial charge is 0.300 e. The molecule has 1 heterocycles. The first-order chi connectivity index (χ1) is 4.23. The summed E-state index contributed by atoms with van der Waals surface area (Å²) in [6.07, 6.45) is 0. The molecule has 0 aromatic carbocycles. The van der Waals surface area contributed by atoms with Gasteiger partial charge in [-0.15, -0.1) is 0 Å². The van der Waals surface area contributed by atoms with Crippen molar-refractivity contribution in [3.8, 4) is 0 Å². The Labute approximate surface area is 57.8 Å². The molecule has 1 rings (SSSR count). The summed E-state index contributed by atoms with van der Waals surface area (Å²) in [5, 5.41) is 11.5. The Morgan fingerprint density at radius 3 is 1.89 bits per heavy atom. The summed E-state index contributed by atoms with van der Waals surface area (Å²) >= 11 is 1.71. The first-order valence-corrected chi connectivity index (χ1v) is 3.34. The van der Waals surface area contributed by atoms with Gasteiger partial charge in [-0.25, -0.2) is 0 Å². The number of carboxylic acids is 1. The number of carboxylic acid groups (broad SMARTS) is 1. The molecule has 0 spiro atoms. The van der Waals surface area contributed by atoms with E-state index in [1.807, 2.05) is 22.9 Å². The summed E-state index contributed by atoms with van der Waals surface area (Å²) < 4.78 is 0. The zero-order chi connectivity index (χ0) is 7.11. The lowest BCUT2D eigenvalue weighted by Gasteiger charge is -1.59. The number of aliphatic carboxylic acids is 1. The lowest BCUT2D eigenvalue weighted by atomic mass is 10.7. The number of thiophene rings is 1. The molecule has 0 aliphatic heterocycles. The first-order valence-electron chi connectivity index (χ1n) is 2.40. The van der Waals surface area contributed by atoms with Crippen LogP contribution in [0.4, 0.5) is 0 Å². The fraction of sp³-hybridized carbons (Fsp3) is 0.167. The number of carbonyl (C=O) groups is 1. The largest absolute Gasteiger partial charge is 0.481 e. The maximum Gasteiger partial charge on any atom is 0.300 e. The van der Waals surface area contributed by atoms with Crippen molar-refractivity contribution >= 4 is 17.3 Å². The van der Waals surface area contributed by atoms with Gasteiger partial charge < -0.3 is 5.11 Å². The van der Waals surface area contributed by atoms with Crippen molar-refractivity contribution in [2.45, 2.75) is 6.92 Å². The quantitative estimate of drug-likeness (QED) is 0.603. The first kappa shape index (κ1) is 8.17. The third kappa shape index (κ3) is 11.0. The van der Waals surface area contributed by atoms with Crippen LogP contribution in [0.1, 0.15) is 6.92 Å². The Morgan fingerprint density at radius 2 is 1.78 bits per heavy atom. The Kier molecular flexibility index (Phi) is 4.82. The van der Waals surface area contributed by atoms with Crippen LogP contribution in [0.2, 0.25) is 0 Å². The molecule has 2 nitrogen and oxygen atoms in total. The minimum Gasteiger partial charge on any atom is -0.481 e. The van der Waals surface area contributed by atoms with Gasteiger partial charge in [0.1, 0.15) is 0 Å². The van der Waals surface area contributed by atoms with Crippen molar-refractivity contribution in [1.29, 1.82) is 0 Å². The van der Waals surface area contributed by atoms with Gasteiger partial charge in [-0.3, -0.25) is 4.79 Å². The molecule has 0 saturated carbocycles. The van der Waals surface area contributed by atoms with E-state index in [0.29, 0.717) is 0 Å². The van der Waals surface area contributed by atoms with Crippen LogP contribution in [0.5, 0.6) is 0 Å². The highest BCUT2D eigenvalue weighted by molar-refractivity contribution is 7.07. The van der Waals surface area contributed by atoms with Gasteiger partial charge in [-0.2, -0.15) is 11.3 Å². The van der Waals surface area contributed by atoms with Crippen LogP contribution in [-0.2, 0) is 4.79 Å². The van der Waals surface area contributed by atoms with E-state index in [1.165, 1.54) is 0 Å². The molecule has 1 aromatic heterocycles. The molecule has 50 valence electrons. The Bertz CT molecular complexity index is 125. The van der Waals surface area contributed by atoms with Gasteiger partial charge in [-0.05, 0) is 10.8 Å². The molecule has 0 atom stereocenters. The minimum absolute atomic E-state index is 0.833. The van der Waals surface area contributed by atoms with Crippen LogP contribution in [0.3, 0.4) is 0 Å². The normalized spacial score (nSPS) is 7.22. The fourth-order valence-electron chi connectivity index (χ4n) is 0.227. The zero-order valence-electron chi connectivity index (χ0n) is 5.07. The van der Waals surface area contributed by atoms with Crippen LogP contribution in [0.15, 0.2) is 22.9 Å². The standard InChI is InChI=1S/C4H4S.C2H4O2/c1-2-4-5-3-1;1-2(3)4/h1-4H;1H3,(H,3,4). The molecule has 3 heteroatoms. The van der Waals surface area contributed by atoms with Crippen molar-refractivity contribution in [3.63, 3.8) is 0 Å². The second-order valence-corrected chi connectivity index (χ2v) is 2.13. The van der Waals surface area contributed by atoms with Gasteiger partial charge in [-0.1, -0.05) is 12.1 Å². The third-order valence-corrected chi connectivity index (χ3v) is 1.05.